The van der Waals surface area contributed by atoms with Crippen molar-refractivity contribution in [2.75, 3.05) is 0 Å². The highest BCUT2D eigenvalue weighted by Gasteiger charge is 2.47. The number of hydrogen-bond acceptors (Lipinski definition) is 10. The van der Waals surface area contributed by atoms with Crippen LogP contribution in [-0.2, 0) is 0 Å². The third-order valence-electron chi connectivity index (χ3n) is 8.81. The molecule has 0 radical (unpaired) electrons. The predicted molar refractivity (Wildman–Crippen MR) is 149 cm³/mol. The van der Waals surface area contributed by atoms with Crippen LogP contribution < -0.4 is 0 Å². The monoisotopic (exact) mass is 570 g/mol. The zero-order valence-electron chi connectivity index (χ0n) is 22.9. The molecular weight excluding hydrogens is 544 g/mol. The van der Waals surface area contributed by atoms with Crippen molar-refractivity contribution < 1.29 is 50.4 Å². The first-order valence-electron chi connectivity index (χ1n) is 13.0. The molecule has 0 saturated heterocycles. The van der Waals surface area contributed by atoms with Gasteiger partial charge in [0, 0.05) is 34.1 Å². The van der Waals surface area contributed by atoms with Gasteiger partial charge >= 0.3 is 0 Å². The topological polar surface area (TPSA) is 196 Å². The summed E-state index contributed by atoms with van der Waals surface area (Å²) in [5.74, 6) is -7.61. The number of phenolic OH excluding ortho intramolecular Hbond substituents is 8. The largest absolute Gasteiger partial charge is 0.508 e. The van der Waals surface area contributed by atoms with E-state index in [0.717, 1.165) is 0 Å². The van der Waals surface area contributed by atoms with Crippen molar-refractivity contribution in [2.45, 2.75) is 39.5 Å². The van der Waals surface area contributed by atoms with Crippen LogP contribution >= 0.6 is 0 Å². The Labute approximate surface area is 238 Å². The van der Waals surface area contributed by atoms with Crippen molar-refractivity contribution >= 4 is 11.6 Å². The van der Waals surface area contributed by atoms with Crippen LogP contribution in [0.2, 0.25) is 0 Å². The van der Waals surface area contributed by atoms with Crippen LogP contribution in [0.25, 0.3) is 0 Å². The van der Waals surface area contributed by atoms with Crippen molar-refractivity contribution in [1.82, 2.24) is 0 Å². The fourth-order valence-corrected chi connectivity index (χ4v) is 6.33. The van der Waals surface area contributed by atoms with Gasteiger partial charge in [0.2, 0.25) is 11.6 Å². The van der Waals surface area contributed by atoms with Gasteiger partial charge in [-0.3, -0.25) is 9.59 Å². The standard InChI is InChI=1S/C32H26O10/c1-9-17(33)5-13-21(14-6-18(34)10(2)28(38)24(14)31(41)23(13)27(9)37)22-15-7-19(35)11(3)29(39)25(15)32(42)26-16(22)8-20(36)12(4)30(26)40/h5-8,21-22,33-40H,1-4H3. The molecule has 0 spiro atoms. The minimum absolute atomic E-state index is 0.00394. The van der Waals surface area contributed by atoms with Crippen LogP contribution in [-0.4, -0.2) is 52.4 Å². The van der Waals surface area contributed by atoms with Gasteiger partial charge in [0.05, 0.1) is 22.3 Å². The summed E-state index contributed by atoms with van der Waals surface area (Å²) in [5.41, 5.74) is -0.811. The molecule has 0 amide bonds. The van der Waals surface area contributed by atoms with Gasteiger partial charge in [-0.25, -0.2) is 0 Å². The van der Waals surface area contributed by atoms with Gasteiger partial charge in [-0.15, -0.1) is 0 Å². The number of ketones is 2. The molecule has 8 N–H and O–H groups in total. The van der Waals surface area contributed by atoms with Gasteiger partial charge < -0.3 is 40.9 Å². The van der Waals surface area contributed by atoms with Gasteiger partial charge in [-0.2, -0.15) is 0 Å². The van der Waals surface area contributed by atoms with E-state index in [2.05, 4.69) is 0 Å². The lowest BCUT2D eigenvalue weighted by Crippen LogP contribution is -2.30. The van der Waals surface area contributed by atoms with E-state index in [1.807, 2.05) is 0 Å². The fraction of sp³-hybridized carbons (Fsp3) is 0.188. The van der Waals surface area contributed by atoms with Crippen LogP contribution in [0.3, 0.4) is 0 Å². The predicted octanol–water partition coefficient (Wildman–Crippen LogP) is 4.62. The third-order valence-corrected chi connectivity index (χ3v) is 8.81. The third kappa shape index (κ3) is 3.20. The minimum atomic E-state index is -1.18. The molecule has 2 aliphatic carbocycles. The fourth-order valence-electron chi connectivity index (χ4n) is 6.33. The number of rotatable bonds is 1. The SMILES string of the molecule is Cc1c(O)cc2c(c1O)C(=O)c1c(cc(O)c(C)c1O)C2C1c2cc(O)c(C)c(O)c2C(=O)c2c1cc(O)c(C)c2O. The van der Waals surface area contributed by atoms with E-state index < -0.39 is 46.4 Å². The summed E-state index contributed by atoms with van der Waals surface area (Å²) >= 11 is 0. The minimum Gasteiger partial charge on any atom is -0.508 e. The number of carbonyl (C=O) groups excluding carboxylic acids is 2. The van der Waals surface area contributed by atoms with Gasteiger partial charge in [0.25, 0.3) is 0 Å². The molecule has 0 aliphatic heterocycles. The maximum atomic E-state index is 13.9. The maximum Gasteiger partial charge on any atom is 0.201 e. The number of phenols is 8. The average Bonchev–Trinajstić information content (AvgIpc) is 2.93. The lowest BCUT2D eigenvalue weighted by Gasteiger charge is -2.39. The first kappa shape index (κ1) is 26.8. The van der Waals surface area contributed by atoms with E-state index in [1.54, 1.807) is 0 Å². The molecular formula is C32H26O10. The number of carbonyl (C=O) groups is 2. The zero-order chi connectivity index (χ0) is 30.7. The van der Waals surface area contributed by atoms with E-state index in [4.69, 9.17) is 0 Å². The first-order valence-corrected chi connectivity index (χ1v) is 13.0. The molecule has 10 heteroatoms. The summed E-state index contributed by atoms with van der Waals surface area (Å²) in [7, 11) is 0. The molecule has 2 aliphatic rings. The van der Waals surface area contributed by atoms with Crippen molar-refractivity contribution in [2.24, 2.45) is 0 Å². The van der Waals surface area contributed by atoms with Gasteiger partial charge in [0.1, 0.15) is 46.0 Å². The number of hydrogen-bond donors (Lipinski definition) is 8. The van der Waals surface area contributed by atoms with Crippen molar-refractivity contribution in [1.29, 1.82) is 0 Å². The molecule has 0 fully saturated rings. The first-order chi connectivity index (χ1) is 19.7. The Hall–Kier alpha value is -5.38. The smallest absolute Gasteiger partial charge is 0.201 e. The number of aromatic hydroxyl groups is 8. The summed E-state index contributed by atoms with van der Waals surface area (Å²) in [4.78, 5) is 27.7. The highest BCUT2D eigenvalue weighted by atomic mass is 16.3. The lowest BCUT2D eigenvalue weighted by molar-refractivity contribution is 0.101. The molecule has 0 atom stereocenters. The number of benzene rings is 4. The van der Waals surface area contributed by atoms with Crippen LogP contribution in [0.15, 0.2) is 24.3 Å². The second-order valence-corrected chi connectivity index (χ2v) is 10.9. The highest BCUT2D eigenvalue weighted by molar-refractivity contribution is 6.18. The molecule has 10 nitrogen and oxygen atoms in total. The Bertz CT molecular complexity index is 1680. The maximum absolute atomic E-state index is 13.9. The number of fused-ring (bicyclic) bond motifs is 4. The summed E-state index contributed by atoms with van der Waals surface area (Å²) in [6.45, 7) is 5.58. The van der Waals surface area contributed by atoms with Crippen LogP contribution in [0, 0.1) is 27.7 Å². The van der Waals surface area contributed by atoms with Crippen LogP contribution in [0.5, 0.6) is 46.0 Å². The van der Waals surface area contributed by atoms with E-state index in [0.29, 0.717) is 0 Å². The second kappa shape index (κ2) is 8.56. The normalized spacial score (nSPS) is 14.4. The van der Waals surface area contributed by atoms with Crippen LogP contribution in [0.4, 0.5) is 0 Å². The summed E-state index contributed by atoms with van der Waals surface area (Å²) < 4.78 is 0. The highest BCUT2D eigenvalue weighted by Crippen LogP contribution is 2.59. The molecule has 0 unspecified atom stereocenters. The molecule has 0 heterocycles. The zero-order valence-corrected chi connectivity index (χ0v) is 22.9. The van der Waals surface area contributed by atoms with Crippen LogP contribution in [0.1, 0.15) is 88.2 Å². The van der Waals surface area contributed by atoms with Crippen molar-refractivity contribution in [3.05, 3.63) is 91.0 Å². The van der Waals surface area contributed by atoms with E-state index in [9.17, 15) is 50.4 Å². The van der Waals surface area contributed by atoms with E-state index >= 15 is 0 Å². The molecule has 42 heavy (non-hydrogen) atoms. The molecule has 0 saturated carbocycles. The summed E-state index contributed by atoms with van der Waals surface area (Å²) in [6, 6.07) is 5.01. The van der Waals surface area contributed by atoms with Crippen molar-refractivity contribution in [3.63, 3.8) is 0 Å². The average molecular weight is 571 g/mol. The Morgan fingerprint density at radius 2 is 0.595 bits per heavy atom. The second-order valence-electron chi connectivity index (χ2n) is 10.9. The van der Waals surface area contributed by atoms with Gasteiger partial charge in [0.15, 0.2) is 0 Å². The Morgan fingerprint density at radius 3 is 0.786 bits per heavy atom. The van der Waals surface area contributed by atoms with E-state index in [1.165, 1.54) is 52.0 Å². The molecule has 4 aromatic carbocycles. The lowest BCUT2D eigenvalue weighted by atomic mass is 9.63. The molecule has 0 aromatic heterocycles. The Morgan fingerprint density at radius 1 is 0.405 bits per heavy atom. The molecule has 6 rings (SSSR count). The molecule has 4 aromatic rings. The van der Waals surface area contributed by atoms with Crippen molar-refractivity contribution in [3.8, 4) is 46.0 Å². The summed E-state index contributed by atoms with van der Waals surface area (Å²) in [6.07, 6.45) is 0. The summed E-state index contributed by atoms with van der Waals surface area (Å²) in [5, 5.41) is 87.5. The molecule has 214 valence electrons. The quantitative estimate of drug-likeness (QED) is 0.160. The Balaban J connectivity index is 1.84. The van der Waals surface area contributed by atoms with Gasteiger partial charge in [-0.1, -0.05) is 0 Å². The molecule has 0 bridgehead atoms. The van der Waals surface area contributed by atoms with E-state index in [-0.39, 0.29) is 89.8 Å². The Kier molecular flexibility index (Phi) is 5.47. The van der Waals surface area contributed by atoms with Gasteiger partial charge in [-0.05, 0) is 74.2 Å².